The quantitative estimate of drug-likeness (QED) is 0.181. The minimum atomic E-state index is -0.131. The van der Waals surface area contributed by atoms with Gasteiger partial charge in [0, 0.05) is 69.9 Å². The molecule has 4 heterocycles. The number of hydrogen-bond donors (Lipinski definition) is 1. The van der Waals surface area contributed by atoms with Crippen LogP contribution in [0, 0.1) is 0 Å². The summed E-state index contributed by atoms with van der Waals surface area (Å²) in [4.78, 5) is 0. The summed E-state index contributed by atoms with van der Waals surface area (Å²) in [5.74, 6) is 0. The molecule has 11 aromatic rings. The standard InChI is InChI=1S/C55H41BN2OS/c1-54(2,3)30-18-20-31(21-19-30)57-44-28-42-38(32-12-6-9-15-41(32)55(42,4)5)26-39(44)35-22-23-37-50-45(25-24-36-33-13-7-10-16-47(33)59-53(36)50)58-46-27-40-34-14-8-11-17-48(34)60-49(40)29-43(46)56-51(35)52(37)58/h6-29,56-57H,1-5H3. The molecule has 60 heavy (non-hydrogen) atoms. The third kappa shape index (κ3) is 4.61. The molecule has 1 aliphatic heterocycles. The third-order valence-electron chi connectivity index (χ3n) is 13.8. The zero-order valence-corrected chi connectivity index (χ0v) is 35.1. The Kier molecular flexibility index (Phi) is 6.75. The Hall–Kier alpha value is -6.56. The van der Waals surface area contributed by atoms with Crippen LogP contribution in [0.3, 0.4) is 0 Å². The lowest BCUT2D eigenvalue weighted by Crippen LogP contribution is -2.37. The Morgan fingerprint density at radius 2 is 1.38 bits per heavy atom. The molecule has 0 amide bonds. The molecule has 0 unspecified atom stereocenters. The Morgan fingerprint density at radius 3 is 2.23 bits per heavy atom. The van der Waals surface area contributed by atoms with E-state index < -0.39 is 0 Å². The molecule has 0 radical (unpaired) electrons. The number of furan rings is 1. The number of anilines is 2. The Morgan fingerprint density at radius 1 is 0.617 bits per heavy atom. The van der Waals surface area contributed by atoms with Crippen LogP contribution < -0.4 is 16.2 Å². The largest absolute Gasteiger partial charge is 0.455 e. The Bertz CT molecular complexity index is 3670. The molecule has 0 saturated carbocycles. The molecule has 0 atom stereocenters. The summed E-state index contributed by atoms with van der Waals surface area (Å²) >= 11 is 1.90. The van der Waals surface area contributed by atoms with Crippen molar-refractivity contribution in [2.75, 3.05) is 5.32 Å². The molecule has 0 saturated heterocycles. The Labute approximate surface area is 353 Å². The van der Waals surface area contributed by atoms with E-state index >= 15 is 0 Å². The number of nitrogens with zero attached hydrogens (tertiary/aromatic N) is 1. The zero-order valence-electron chi connectivity index (χ0n) is 34.3. The maximum atomic E-state index is 6.81. The summed E-state index contributed by atoms with van der Waals surface area (Å²) in [5.41, 5.74) is 19.6. The number of benzene rings is 8. The van der Waals surface area contributed by atoms with Crippen LogP contribution in [0.15, 0.2) is 150 Å². The topological polar surface area (TPSA) is 30.1 Å². The van der Waals surface area contributed by atoms with Crippen LogP contribution >= 0.6 is 11.3 Å². The highest BCUT2D eigenvalue weighted by atomic mass is 32.1. The highest BCUT2D eigenvalue weighted by molar-refractivity contribution is 7.26. The van der Waals surface area contributed by atoms with Gasteiger partial charge in [0.15, 0.2) is 7.28 Å². The molecule has 5 heteroatoms. The summed E-state index contributed by atoms with van der Waals surface area (Å²) in [7, 11) is 0.824. The van der Waals surface area contributed by atoms with Gasteiger partial charge >= 0.3 is 0 Å². The lowest BCUT2D eigenvalue weighted by atomic mass is 9.59. The van der Waals surface area contributed by atoms with Crippen molar-refractivity contribution in [2.24, 2.45) is 0 Å². The minimum absolute atomic E-state index is 0.0786. The van der Waals surface area contributed by atoms with Gasteiger partial charge in [0.05, 0.1) is 10.9 Å². The molecule has 1 aliphatic carbocycles. The van der Waals surface area contributed by atoms with Crippen LogP contribution in [0.1, 0.15) is 51.3 Å². The predicted octanol–water partition coefficient (Wildman–Crippen LogP) is 13.8. The molecule has 2 aliphatic rings. The molecule has 286 valence electrons. The number of fused-ring (bicyclic) bond motifs is 15. The molecule has 3 nitrogen and oxygen atoms in total. The van der Waals surface area contributed by atoms with Crippen LogP contribution in [-0.4, -0.2) is 11.8 Å². The van der Waals surface area contributed by atoms with Crippen molar-refractivity contribution in [1.29, 1.82) is 0 Å². The van der Waals surface area contributed by atoms with E-state index in [1.54, 1.807) is 0 Å². The summed E-state index contributed by atoms with van der Waals surface area (Å²) in [6.07, 6.45) is 0. The highest BCUT2D eigenvalue weighted by Crippen LogP contribution is 2.52. The number of para-hydroxylation sites is 1. The first-order valence-corrected chi connectivity index (χ1v) is 21.9. The maximum Gasteiger partial charge on any atom is 0.198 e. The first-order valence-electron chi connectivity index (χ1n) is 21.1. The van der Waals surface area contributed by atoms with Gasteiger partial charge in [-0.15, -0.1) is 11.3 Å². The number of thiophene rings is 1. The van der Waals surface area contributed by atoms with E-state index in [4.69, 9.17) is 4.42 Å². The average molecular weight is 789 g/mol. The number of rotatable bonds is 3. The number of nitrogens with one attached hydrogen (secondary N) is 1. The van der Waals surface area contributed by atoms with E-state index in [0.717, 1.165) is 40.6 Å². The van der Waals surface area contributed by atoms with Crippen LogP contribution in [0.4, 0.5) is 11.4 Å². The fourth-order valence-electron chi connectivity index (χ4n) is 10.7. The van der Waals surface area contributed by atoms with Crippen LogP contribution in [0.25, 0.3) is 91.9 Å². The number of hydrogen-bond acceptors (Lipinski definition) is 3. The smallest absolute Gasteiger partial charge is 0.198 e. The van der Waals surface area contributed by atoms with Crippen molar-refractivity contribution in [2.45, 2.75) is 45.4 Å². The first-order chi connectivity index (χ1) is 29.1. The second kappa shape index (κ2) is 11.8. The van der Waals surface area contributed by atoms with Crippen LogP contribution in [0.5, 0.6) is 0 Å². The van der Waals surface area contributed by atoms with E-state index in [1.807, 2.05) is 11.3 Å². The Balaban J connectivity index is 1.12. The van der Waals surface area contributed by atoms with Gasteiger partial charge in [0.2, 0.25) is 0 Å². The highest BCUT2D eigenvalue weighted by Gasteiger charge is 2.37. The minimum Gasteiger partial charge on any atom is -0.455 e. The van der Waals surface area contributed by atoms with Crippen molar-refractivity contribution in [1.82, 2.24) is 4.57 Å². The van der Waals surface area contributed by atoms with E-state index in [9.17, 15) is 0 Å². The molecular weight excluding hydrogens is 747 g/mol. The van der Waals surface area contributed by atoms with E-state index in [-0.39, 0.29) is 10.8 Å². The lowest BCUT2D eigenvalue weighted by molar-refractivity contribution is 0.590. The normalized spacial score (nSPS) is 14.0. The van der Waals surface area contributed by atoms with Gasteiger partial charge in [-0.3, -0.25) is 0 Å². The van der Waals surface area contributed by atoms with E-state index in [2.05, 4.69) is 190 Å². The fourth-order valence-corrected chi connectivity index (χ4v) is 11.9. The average Bonchev–Trinajstić information content (AvgIpc) is 3.97. The van der Waals surface area contributed by atoms with E-state index in [0.29, 0.717) is 0 Å². The van der Waals surface area contributed by atoms with Gasteiger partial charge in [0.1, 0.15) is 11.2 Å². The van der Waals surface area contributed by atoms with Crippen LogP contribution in [-0.2, 0) is 10.8 Å². The van der Waals surface area contributed by atoms with Crippen molar-refractivity contribution in [3.63, 3.8) is 0 Å². The molecule has 0 fully saturated rings. The molecule has 8 aromatic carbocycles. The number of aromatic nitrogens is 1. The molecule has 1 N–H and O–H groups in total. The van der Waals surface area contributed by atoms with Gasteiger partial charge in [0.25, 0.3) is 0 Å². The van der Waals surface area contributed by atoms with Gasteiger partial charge < -0.3 is 14.3 Å². The lowest BCUT2D eigenvalue weighted by Gasteiger charge is -2.26. The van der Waals surface area contributed by atoms with E-state index in [1.165, 1.54) is 97.5 Å². The predicted molar refractivity (Wildman–Crippen MR) is 259 cm³/mol. The second-order valence-electron chi connectivity index (χ2n) is 18.6. The molecule has 0 spiro atoms. The second-order valence-corrected chi connectivity index (χ2v) is 19.7. The summed E-state index contributed by atoms with van der Waals surface area (Å²) in [5, 5.41) is 11.3. The third-order valence-corrected chi connectivity index (χ3v) is 14.9. The van der Waals surface area contributed by atoms with Crippen molar-refractivity contribution in [3.05, 3.63) is 162 Å². The van der Waals surface area contributed by atoms with Gasteiger partial charge in [-0.25, -0.2) is 0 Å². The monoisotopic (exact) mass is 788 g/mol. The molecule has 13 rings (SSSR count). The SMILES string of the molecule is CC(C)(C)c1ccc(Nc2cc3c(cc2-c2ccc4c5c6oc7ccccc7c6ccc5n5c4c2Bc2cc4sc6ccccc6c4cc2-5)-c2ccccc2C3(C)C)cc1. The molecular formula is C55H41BN2OS. The van der Waals surface area contributed by atoms with Gasteiger partial charge in [-0.2, -0.15) is 0 Å². The molecule has 0 bridgehead atoms. The fraction of sp³-hybridized carbons (Fsp3) is 0.127. The van der Waals surface area contributed by atoms with Crippen molar-refractivity contribution >= 4 is 105 Å². The van der Waals surface area contributed by atoms with Crippen molar-refractivity contribution in [3.8, 4) is 27.9 Å². The van der Waals surface area contributed by atoms with Crippen molar-refractivity contribution < 1.29 is 4.42 Å². The summed E-state index contributed by atoms with van der Waals surface area (Å²) in [6, 6.07) is 54.6. The maximum absolute atomic E-state index is 6.81. The summed E-state index contributed by atoms with van der Waals surface area (Å²) < 4.78 is 12.0. The molecule has 3 aromatic heterocycles. The van der Waals surface area contributed by atoms with Gasteiger partial charge in [-0.1, -0.05) is 125 Å². The first kappa shape index (κ1) is 34.3. The summed E-state index contributed by atoms with van der Waals surface area (Å²) in [6.45, 7) is 11.6. The van der Waals surface area contributed by atoms with Gasteiger partial charge in [-0.05, 0) is 105 Å². The van der Waals surface area contributed by atoms with Crippen LogP contribution in [0.2, 0.25) is 0 Å². The zero-order chi connectivity index (χ0) is 40.2.